The summed E-state index contributed by atoms with van der Waals surface area (Å²) in [4.78, 5) is 11.2. The van der Waals surface area contributed by atoms with E-state index in [0.717, 1.165) is 44.0 Å². The van der Waals surface area contributed by atoms with E-state index in [9.17, 15) is 0 Å². The lowest BCUT2D eigenvalue weighted by molar-refractivity contribution is 0.00552. The third-order valence-electron chi connectivity index (χ3n) is 5.59. The molecular formula is C21H27N3O2. The zero-order chi connectivity index (χ0) is 17.7. The number of aromatic nitrogens is 2. The Hall–Kier alpha value is -1.82. The molecule has 0 saturated carbocycles. The van der Waals surface area contributed by atoms with Crippen LogP contribution in [0.2, 0.25) is 0 Å². The molecule has 0 N–H and O–H groups in total. The molecule has 1 atom stereocenters. The molecule has 4 rings (SSSR count). The molecular weight excluding hydrogens is 326 g/mol. The Kier molecular flexibility index (Phi) is 5.58. The maximum absolute atomic E-state index is 6.06. The molecule has 5 heteroatoms. The van der Waals surface area contributed by atoms with Gasteiger partial charge in [0.2, 0.25) is 0 Å². The number of hydrogen-bond acceptors (Lipinski definition) is 5. The van der Waals surface area contributed by atoms with Crippen LogP contribution in [-0.4, -0.2) is 47.3 Å². The van der Waals surface area contributed by atoms with Crippen LogP contribution >= 0.6 is 0 Å². The number of likely N-dealkylation sites (tertiary alicyclic amines) is 1. The summed E-state index contributed by atoms with van der Waals surface area (Å²) in [6, 6.07) is 12.1. The molecule has 2 aliphatic rings. The van der Waals surface area contributed by atoms with Gasteiger partial charge in [-0.1, -0.05) is 12.1 Å². The van der Waals surface area contributed by atoms with Gasteiger partial charge in [-0.15, -0.1) is 0 Å². The van der Waals surface area contributed by atoms with Crippen LogP contribution in [-0.2, 0) is 22.6 Å². The predicted octanol–water partition coefficient (Wildman–Crippen LogP) is 3.06. The van der Waals surface area contributed by atoms with Gasteiger partial charge in [0.1, 0.15) is 0 Å². The van der Waals surface area contributed by atoms with E-state index in [0.29, 0.717) is 18.6 Å². The Labute approximate surface area is 155 Å². The lowest BCUT2D eigenvalue weighted by Crippen LogP contribution is -2.40. The van der Waals surface area contributed by atoms with Gasteiger partial charge in [0.05, 0.1) is 37.3 Å². The largest absolute Gasteiger partial charge is 0.375 e. The first-order valence-electron chi connectivity index (χ1n) is 9.53. The number of nitrogens with zero attached hydrogens (tertiary/aromatic N) is 3. The highest BCUT2D eigenvalue weighted by Gasteiger charge is 2.42. The quantitative estimate of drug-likeness (QED) is 0.799. The van der Waals surface area contributed by atoms with Gasteiger partial charge in [-0.25, -0.2) is 0 Å². The number of pyridine rings is 2. The summed E-state index contributed by atoms with van der Waals surface area (Å²) in [7, 11) is 0. The van der Waals surface area contributed by atoms with Gasteiger partial charge < -0.3 is 9.47 Å². The van der Waals surface area contributed by atoms with Gasteiger partial charge in [-0.2, -0.15) is 0 Å². The molecule has 138 valence electrons. The van der Waals surface area contributed by atoms with Crippen molar-refractivity contribution in [1.82, 2.24) is 14.9 Å². The third kappa shape index (κ3) is 4.47. The summed E-state index contributed by atoms with van der Waals surface area (Å²) < 4.78 is 11.9. The van der Waals surface area contributed by atoms with Crippen LogP contribution in [0.4, 0.5) is 0 Å². The molecule has 4 heterocycles. The van der Waals surface area contributed by atoms with Crippen molar-refractivity contribution >= 4 is 0 Å². The minimum atomic E-state index is 0.223. The van der Waals surface area contributed by atoms with Crippen LogP contribution in [0.15, 0.2) is 48.8 Å². The second-order valence-corrected chi connectivity index (χ2v) is 7.57. The van der Waals surface area contributed by atoms with Gasteiger partial charge in [0.15, 0.2) is 0 Å². The van der Waals surface area contributed by atoms with E-state index in [1.807, 2.05) is 30.5 Å². The smallest absolute Gasteiger partial charge is 0.0889 e. The summed E-state index contributed by atoms with van der Waals surface area (Å²) in [6.45, 7) is 5.31. The van der Waals surface area contributed by atoms with Crippen LogP contribution in [0.1, 0.15) is 30.7 Å². The fraction of sp³-hybridized carbons (Fsp3) is 0.524. The molecule has 26 heavy (non-hydrogen) atoms. The highest BCUT2D eigenvalue weighted by molar-refractivity contribution is 5.04. The van der Waals surface area contributed by atoms with Gasteiger partial charge in [-0.3, -0.25) is 14.9 Å². The van der Waals surface area contributed by atoms with Crippen LogP contribution < -0.4 is 0 Å². The first-order chi connectivity index (χ1) is 12.8. The maximum Gasteiger partial charge on any atom is 0.0889 e. The average Bonchev–Trinajstić information content (AvgIpc) is 3.08. The molecule has 2 fully saturated rings. The molecule has 1 spiro atoms. The molecule has 2 aromatic heterocycles. The normalized spacial score (nSPS) is 22.7. The van der Waals surface area contributed by atoms with Crippen LogP contribution in [0.25, 0.3) is 0 Å². The molecule has 5 nitrogen and oxygen atoms in total. The van der Waals surface area contributed by atoms with Gasteiger partial charge in [0, 0.05) is 18.9 Å². The van der Waals surface area contributed by atoms with Crippen molar-refractivity contribution in [2.75, 3.05) is 26.3 Å². The van der Waals surface area contributed by atoms with E-state index in [-0.39, 0.29) is 6.10 Å². The van der Waals surface area contributed by atoms with E-state index in [4.69, 9.17) is 9.47 Å². The number of piperidine rings is 1. The van der Waals surface area contributed by atoms with Crippen molar-refractivity contribution in [1.29, 1.82) is 0 Å². The Morgan fingerprint density at radius 3 is 2.46 bits per heavy atom. The molecule has 0 bridgehead atoms. The van der Waals surface area contributed by atoms with E-state index in [1.165, 1.54) is 12.8 Å². The molecule has 1 unspecified atom stereocenters. The third-order valence-corrected chi connectivity index (χ3v) is 5.59. The second-order valence-electron chi connectivity index (χ2n) is 7.57. The van der Waals surface area contributed by atoms with E-state index >= 15 is 0 Å². The summed E-state index contributed by atoms with van der Waals surface area (Å²) in [5.41, 5.74) is 2.48. The SMILES string of the molecule is c1ccc(COCC2CC3(CCN(Cc4ccccn4)CC3)CO2)nc1. The predicted molar refractivity (Wildman–Crippen MR) is 99.4 cm³/mol. The molecule has 2 aromatic rings. The zero-order valence-corrected chi connectivity index (χ0v) is 15.2. The monoisotopic (exact) mass is 353 g/mol. The van der Waals surface area contributed by atoms with Crippen LogP contribution in [0.3, 0.4) is 0 Å². The van der Waals surface area contributed by atoms with Gasteiger partial charge in [0.25, 0.3) is 0 Å². The Balaban J connectivity index is 1.20. The first kappa shape index (κ1) is 17.6. The Morgan fingerprint density at radius 2 is 1.77 bits per heavy atom. The molecule has 0 aromatic carbocycles. The first-order valence-corrected chi connectivity index (χ1v) is 9.53. The second kappa shape index (κ2) is 8.25. The van der Waals surface area contributed by atoms with Crippen molar-refractivity contribution in [2.45, 2.75) is 38.5 Å². The van der Waals surface area contributed by atoms with Crippen molar-refractivity contribution < 1.29 is 9.47 Å². The zero-order valence-electron chi connectivity index (χ0n) is 15.2. The van der Waals surface area contributed by atoms with Gasteiger partial charge in [-0.05, 0) is 62.0 Å². The summed E-state index contributed by atoms with van der Waals surface area (Å²) >= 11 is 0. The van der Waals surface area contributed by atoms with E-state index < -0.39 is 0 Å². The van der Waals surface area contributed by atoms with Gasteiger partial charge >= 0.3 is 0 Å². The van der Waals surface area contributed by atoms with E-state index in [1.54, 1.807) is 6.20 Å². The maximum atomic E-state index is 6.06. The van der Waals surface area contributed by atoms with Crippen molar-refractivity contribution in [3.8, 4) is 0 Å². The highest BCUT2D eigenvalue weighted by Crippen LogP contribution is 2.42. The summed E-state index contributed by atoms with van der Waals surface area (Å²) in [5, 5.41) is 0. The molecule has 2 aliphatic heterocycles. The van der Waals surface area contributed by atoms with Crippen molar-refractivity contribution in [3.05, 3.63) is 60.2 Å². The van der Waals surface area contributed by atoms with Crippen molar-refractivity contribution in [2.24, 2.45) is 5.41 Å². The summed E-state index contributed by atoms with van der Waals surface area (Å²) in [6.07, 6.45) is 7.43. The fourth-order valence-corrected chi connectivity index (χ4v) is 4.04. The topological polar surface area (TPSA) is 47.5 Å². The van der Waals surface area contributed by atoms with Crippen LogP contribution in [0, 0.1) is 5.41 Å². The minimum Gasteiger partial charge on any atom is -0.375 e. The Morgan fingerprint density at radius 1 is 1.04 bits per heavy atom. The number of rotatable bonds is 6. The van der Waals surface area contributed by atoms with E-state index in [2.05, 4.69) is 27.0 Å². The minimum absolute atomic E-state index is 0.223. The average molecular weight is 353 g/mol. The highest BCUT2D eigenvalue weighted by atomic mass is 16.5. The van der Waals surface area contributed by atoms with Crippen LogP contribution in [0.5, 0.6) is 0 Å². The standard InChI is InChI=1S/C21H27N3O2/c1-3-9-22-18(5-1)14-24-11-7-21(8-12-24)13-20(26-17-21)16-25-15-19-6-2-4-10-23-19/h1-6,9-10,20H,7-8,11-17H2. The van der Waals surface area contributed by atoms with Crippen molar-refractivity contribution in [3.63, 3.8) is 0 Å². The molecule has 0 aliphatic carbocycles. The summed E-state index contributed by atoms with van der Waals surface area (Å²) in [5.74, 6) is 0. The molecule has 0 radical (unpaired) electrons. The lowest BCUT2D eigenvalue weighted by Gasteiger charge is -2.38. The lowest BCUT2D eigenvalue weighted by atomic mass is 9.76. The number of ether oxygens (including phenoxy) is 2. The Bertz CT molecular complexity index is 672. The number of hydrogen-bond donors (Lipinski definition) is 0. The fourth-order valence-electron chi connectivity index (χ4n) is 4.04. The molecule has 2 saturated heterocycles. The molecule has 0 amide bonds.